The van der Waals surface area contributed by atoms with Crippen LogP contribution in [-0.2, 0) is 6.42 Å². The monoisotopic (exact) mass is 205 g/mol. The number of aromatic nitrogens is 3. The van der Waals surface area contributed by atoms with Crippen molar-refractivity contribution in [1.82, 2.24) is 14.6 Å². The fraction of sp³-hybridized carbons (Fsp3) is 0.455. The second kappa shape index (κ2) is 3.22. The number of nitrogens with one attached hydrogen (secondary N) is 1. The summed E-state index contributed by atoms with van der Waals surface area (Å²) < 4.78 is 1.77. The van der Waals surface area contributed by atoms with Crippen LogP contribution < -0.4 is 5.43 Å². The van der Waals surface area contributed by atoms with E-state index in [1.165, 1.54) is 12.1 Å². The van der Waals surface area contributed by atoms with Crippen molar-refractivity contribution in [2.75, 3.05) is 0 Å². The molecule has 1 N–H and O–H groups in total. The predicted molar refractivity (Wildman–Crippen MR) is 59.0 cm³/mol. The van der Waals surface area contributed by atoms with Gasteiger partial charge in [0.15, 0.2) is 11.1 Å². The standard InChI is InChI=1S/C11H15N3O/c1-11(2,3)7-9-12-10-6-8(15)4-5-14(10)13-9/h4-6H,7H2,1-3H3,(H,12,13). The average Bonchev–Trinajstić information content (AvgIpc) is 2.42. The number of aromatic amines is 1. The minimum absolute atomic E-state index is 0.0104. The highest BCUT2D eigenvalue weighted by molar-refractivity contribution is 5.36. The summed E-state index contributed by atoms with van der Waals surface area (Å²) >= 11 is 0. The molecule has 0 saturated heterocycles. The van der Waals surface area contributed by atoms with Crippen LogP contribution in [0, 0.1) is 5.41 Å². The number of pyridine rings is 1. The Morgan fingerprint density at radius 2 is 2.20 bits per heavy atom. The number of hydrogen-bond acceptors (Lipinski definition) is 2. The molecule has 2 aromatic rings. The summed E-state index contributed by atoms with van der Waals surface area (Å²) in [6.45, 7) is 6.47. The molecular weight excluding hydrogens is 190 g/mol. The van der Waals surface area contributed by atoms with Crippen LogP contribution in [0.1, 0.15) is 26.6 Å². The molecule has 80 valence electrons. The number of fused-ring (bicyclic) bond motifs is 1. The minimum Gasteiger partial charge on any atom is -0.290 e. The van der Waals surface area contributed by atoms with E-state index in [1.807, 2.05) is 0 Å². The smallest absolute Gasteiger partial charge is 0.183 e. The first-order chi connectivity index (χ1) is 6.94. The van der Waals surface area contributed by atoms with Gasteiger partial charge in [-0.2, -0.15) is 0 Å². The van der Waals surface area contributed by atoms with Crippen molar-refractivity contribution >= 4 is 5.65 Å². The molecule has 2 aromatic heterocycles. The third kappa shape index (κ3) is 2.26. The van der Waals surface area contributed by atoms with Crippen LogP contribution in [0.25, 0.3) is 5.65 Å². The van der Waals surface area contributed by atoms with Crippen molar-refractivity contribution in [3.8, 4) is 0 Å². The normalized spacial score (nSPS) is 12.2. The number of hydrogen-bond donors (Lipinski definition) is 1. The molecule has 4 nitrogen and oxygen atoms in total. The van der Waals surface area contributed by atoms with Crippen molar-refractivity contribution in [3.05, 3.63) is 34.4 Å². The molecule has 4 heteroatoms. The molecule has 0 spiro atoms. The molecule has 0 aliphatic carbocycles. The van der Waals surface area contributed by atoms with Gasteiger partial charge < -0.3 is 0 Å². The highest BCUT2D eigenvalue weighted by Gasteiger charge is 2.13. The van der Waals surface area contributed by atoms with Crippen LogP contribution in [-0.4, -0.2) is 14.6 Å². The summed E-state index contributed by atoms with van der Waals surface area (Å²) in [4.78, 5) is 15.5. The molecule has 2 heterocycles. The van der Waals surface area contributed by atoms with Gasteiger partial charge in [-0.25, -0.2) is 9.50 Å². The van der Waals surface area contributed by atoms with Gasteiger partial charge in [0, 0.05) is 24.8 Å². The first-order valence-corrected chi connectivity index (χ1v) is 5.01. The van der Waals surface area contributed by atoms with Crippen molar-refractivity contribution in [1.29, 1.82) is 0 Å². The van der Waals surface area contributed by atoms with Gasteiger partial charge in [-0.1, -0.05) is 20.8 Å². The van der Waals surface area contributed by atoms with Crippen LogP contribution in [0.15, 0.2) is 23.1 Å². The van der Waals surface area contributed by atoms with Crippen molar-refractivity contribution in [3.63, 3.8) is 0 Å². The third-order valence-corrected chi connectivity index (χ3v) is 2.10. The molecule has 0 amide bonds. The highest BCUT2D eigenvalue weighted by atomic mass is 16.1. The molecule has 0 unspecified atom stereocenters. The lowest BCUT2D eigenvalue weighted by Gasteiger charge is -2.15. The molecule has 2 rings (SSSR count). The minimum atomic E-state index is -0.0104. The maximum absolute atomic E-state index is 11.1. The first kappa shape index (κ1) is 9.96. The maximum atomic E-state index is 11.1. The largest absolute Gasteiger partial charge is 0.290 e. The molecule has 0 atom stereocenters. The molecule has 0 fully saturated rings. The molecule has 0 aliphatic rings. The van der Waals surface area contributed by atoms with E-state index < -0.39 is 0 Å². The SMILES string of the molecule is CC(C)(C)Cc1nc2cc(=O)ccn2[nH]1. The topological polar surface area (TPSA) is 50.2 Å². The van der Waals surface area contributed by atoms with Gasteiger partial charge >= 0.3 is 0 Å². The number of nitrogens with zero attached hydrogens (tertiary/aromatic N) is 2. The van der Waals surface area contributed by atoms with E-state index in [4.69, 9.17) is 0 Å². The van der Waals surface area contributed by atoms with E-state index in [9.17, 15) is 4.79 Å². The first-order valence-electron chi connectivity index (χ1n) is 5.01. The zero-order chi connectivity index (χ0) is 11.1. The van der Waals surface area contributed by atoms with Gasteiger partial charge in [0.1, 0.15) is 5.82 Å². The van der Waals surface area contributed by atoms with Crippen molar-refractivity contribution in [2.45, 2.75) is 27.2 Å². The molecule has 0 aliphatic heterocycles. The molecular formula is C11H15N3O. The highest BCUT2D eigenvalue weighted by Crippen LogP contribution is 2.18. The summed E-state index contributed by atoms with van der Waals surface area (Å²) in [6.07, 6.45) is 2.57. The Morgan fingerprint density at radius 1 is 1.47 bits per heavy atom. The Balaban J connectivity index is 2.43. The molecule has 0 aromatic carbocycles. The quantitative estimate of drug-likeness (QED) is 0.769. The van der Waals surface area contributed by atoms with Crippen LogP contribution in [0.5, 0.6) is 0 Å². The van der Waals surface area contributed by atoms with E-state index in [2.05, 4.69) is 30.9 Å². The second-order valence-corrected chi connectivity index (χ2v) is 5.00. The van der Waals surface area contributed by atoms with Gasteiger partial charge in [0.05, 0.1) is 0 Å². The van der Waals surface area contributed by atoms with E-state index in [0.29, 0.717) is 5.65 Å². The zero-order valence-corrected chi connectivity index (χ0v) is 9.24. The maximum Gasteiger partial charge on any atom is 0.183 e. The summed E-state index contributed by atoms with van der Waals surface area (Å²) in [7, 11) is 0. The summed E-state index contributed by atoms with van der Waals surface area (Å²) in [5.41, 5.74) is 0.861. The Hall–Kier alpha value is -1.58. The van der Waals surface area contributed by atoms with E-state index in [1.54, 1.807) is 10.7 Å². The Bertz CT molecular complexity index is 530. The second-order valence-electron chi connectivity index (χ2n) is 5.00. The lowest BCUT2D eigenvalue weighted by Crippen LogP contribution is -2.10. The van der Waals surface area contributed by atoms with Crippen LogP contribution in [0.2, 0.25) is 0 Å². The summed E-state index contributed by atoms with van der Waals surface area (Å²) in [6, 6.07) is 3.05. The third-order valence-electron chi connectivity index (χ3n) is 2.10. The van der Waals surface area contributed by atoms with Crippen molar-refractivity contribution < 1.29 is 0 Å². The Morgan fingerprint density at radius 3 is 2.87 bits per heavy atom. The van der Waals surface area contributed by atoms with Gasteiger partial charge in [0.2, 0.25) is 0 Å². The van der Waals surface area contributed by atoms with Gasteiger partial charge in [-0.3, -0.25) is 9.89 Å². The number of rotatable bonds is 1. The van der Waals surface area contributed by atoms with Crippen molar-refractivity contribution in [2.24, 2.45) is 5.41 Å². The molecule has 0 saturated carbocycles. The lowest BCUT2D eigenvalue weighted by molar-refractivity contribution is 0.401. The predicted octanol–water partition coefficient (Wildman–Crippen LogP) is 1.61. The fourth-order valence-corrected chi connectivity index (χ4v) is 1.53. The zero-order valence-electron chi connectivity index (χ0n) is 9.24. The van der Waals surface area contributed by atoms with Gasteiger partial charge in [0.25, 0.3) is 0 Å². The lowest BCUT2D eigenvalue weighted by atomic mass is 9.92. The van der Waals surface area contributed by atoms with E-state index >= 15 is 0 Å². The van der Waals surface area contributed by atoms with Gasteiger partial charge in [-0.05, 0) is 5.41 Å². The molecule has 0 radical (unpaired) electrons. The molecule has 0 bridgehead atoms. The number of H-pyrrole nitrogens is 1. The fourth-order valence-electron chi connectivity index (χ4n) is 1.53. The summed E-state index contributed by atoms with van der Waals surface area (Å²) in [5.74, 6) is 0.910. The summed E-state index contributed by atoms with van der Waals surface area (Å²) in [5, 5.41) is 3.15. The molecule has 15 heavy (non-hydrogen) atoms. The Labute approximate surface area is 87.9 Å². The average molecular weight is 205 g/mol. The van der Waals surface area contributed by atoms with Gasteiger partial charge in [-0.15, -0.1) is 0 Å². The van der Waals surface area contributed by atoms with Crippen LogP contribution in [0.4, 0.5) is 0 Å². The van der Waals surface area contributed by atoms with Crippen LogP contribution >= 0.6 is 0 Å². The Kier molecular flexibility index (Phi) is 2.14. The van der Waals surface area contributed by atoms with E-state index in [0.717, 1.165) is 12.2 Å². The van der Waals surface area contributed by atoms with Crippen LogP contribution in [0.3, 0.4) is 0 Å². The van der Waals surface area contributed by atoms with E-state index in [-0.39, 0.29) is 10.8 Å².